The molecular weight excluding hydrogens is 476 g/mol. The fraction of sp³-hybridized carbons (Fsp3) is 0.889. The summed E-state index contributed by atoms with van der Waals surface area (Å²) in [7, 11) is -1.78. The summed E-state index contributed by atoms with van der Waals surface area (Å²) in [4.78, 5) is 0. The molecule has 0 radical (unpaired) electrons. The highest BCUT2D eigenvalue weighted by Crippen LogP contribution is 2.69. The first kappa shape index (κ1) is 30.6. The number of rotatable bonds is 8. The van der Waals surface area contributed by atoms with Crippen molar-refractivity contribution in [3.63, 3.8) is 0 Å². The Kier molecular flexibility index (Phi) is 8.98. The van der Waals surface area contributed by atoms with E-state index in [0.717, 1.165) is 41.9 Å². The standard InChI is InChI=1S/C36H64OSi/c1-12-14-28-31-18-17-27-30-20-19-29(26(4)16-13-15-25(2)3)35(30,8)23-21-32(27)36(31,9)24-22-33(28)37-38(10,11)34(5,6)7/h12,15,26-33H,1,13-14,16-24H2,2-11H3/t26-,27+,28+,29-,30+,31+,32+,33-,35-,36+/m1/s1. The molecule has 0 aromatic rings. The average molecular weight is 541 g/mol. The van der Waals surface area contributed by atoms with Crippen LogP contribution >= 0.6 is 0 Å². The monoisotopic (exact) mass is 540 g/mol. The lowest BCUT2D eigenvalue weighted by atomic mass is 9.43. The van der Waals surface area contributed by atoms with E-state index < -0.39 is 8.32 Å². The molecule has 0 unspecified atom stereocenters. The van der Waals surface area contributed by atoms with Crippen molar-refractivity contribution in [3.05, 3.63) is 24.3 Å². The Morgan fingerprint density at radius 2 is 1.58 bits per heavy atom. The lowest BCUT2D eigenvalue weighted by Crippen LogP contribution is -2.58. The molecule has 4 rings (SSSR count). The van der Waals surface area contributed by atoms with E-state index in [1.165, 1.54) is 69.8 Å². The second-order valence-corrected chi connectivity index (χ2v) is 21.5. The predicted molar refractivity (Wildman–Crippen MR) is 169 cm³/mol. The highest BCUT2D eigenvalue weighted by Gasteiger charge is 2.62. The summed E-state index contributed by atoms with van der Waals surface area (Å²) in [5.74, 6) is 6.15. The third kappa shape index (κ3) is 5.45. The fourth-order valence-electron chi connectivity index (χ4n) is 10.5. The smallest absolute Gasteiger partial charge is 0.192 e. The second-order valence-electron chi connectivity index (χ2n) is 16.8. The van der Waals surface area contributed by atoms with Crippen LogP contribution in [0.1, 0.15) is 126 Å². The van der Waals surface area contributed by atoms with Crippen LogP contribution in [0, 0.1) is 52.3 Å². The maximum atomic E-state index is 7.20. The Bertz CT molecular complexity index is 861. The maximum absolute atomic E-state index is 7.20. The SMILES string of the molecule is C=CC[C@@H]1[C@H](O[Si](C)(C)C(C)(C)C)CC[C@@]2(C)[C@H]1CC[C@@H]1[C@@H]2CC[C@]2(C)[C@@H]([C@H](C)CCC=C(C)C)CC[C@@H]12. The third-order valence-electron chi connectivity index (χ3n) is 13.5. The summed E-state index contributed by atoms with van der Waals surface area (Å²) >= 11 is 0. The minimum Gasteiger partial charge on any atom is -0.414 e. The molecule has 0 spiro atoms. The number of hydrogen-bond donors (Lipinski definition) is 0. The first-order valence-corrected chi connectivity index (χ1v) is 19.5. The van der Waals surface area contributed by atoms with Gasteiger partial charge in [0.2, 0.25) is 0 Å². The van der Waals surface area contributed by atoms with Gasteiger partial charge in [0, 0.05) is 6.10 Å². The Balaban J connectivity index is 1.51. The molecular formula is C36H64OSi. The second kappa shape index (κ2) is 11.1. The molecule has 1 nitrogen and oxygen atoms in total. The third-order valence-corrected chi connectivity index (χ3v) is 18.0. The minimum absolute atomic E-state index is 0.278. The highest BCUT2D eigenvalue weighted by molar-refractivity contribution is 6.74. The van der Waals surface area contributed by atoms with Crippen LogP contribution in [0.2, 0.25) is 18.1 Å². The van der Waals surface area contributed by atoms with Gasteiger partial charge in [-0.2, -0.15) is 0 Å². The van der Waals surface area contributed by atoms with Gasteiger partial charge in [0.05, 0.1) is 0 Å². The van der Waals surface area contributed by atoms with Crippen LogP contribution in [0.15, 0.2) is 24.3 Å². The van der Waals surface area contributed by atoms with Gasteiger partial charge in [-0.1, -0.05) is 59.3 Å². The molecule has 4 fully saturated rings. The molecule has 0 saturated heterocycles. The van der Waals surface area contributed by atoms with Gasteiger partial charge in [0.25, 0.3) is 0 Å². The molecule has 38 heavy (non-hydrogen) atoms. The molecule has 10 atom stereocenters. The largest absolute Gasteiger partial charge is 0.414 e. The predicted octanol–water partition coefficient (Wildman–Crippen LogP) is 11.2. The molecule has 0 heterocycles. The molecule has 4 aliphatic carbocycles. The highest BCUT2D eigenvalue weighted by atomic mass is 28.4. The van der Waals surface area contributed by atoms with Gasteiger partial charge in [0.15, 0.2) is 8.32 Å². The molecule has 0 bridgehead atoms. The summed E-state index contributed by atoms with van der Waals surface area (Å²) < 4.78 is 7.20. The normalized spacial score (nSPS) is 42.0. The van der Waals surface area contributed by atoms with E-state index in [-0.39, 0.29) is 5.04 Å². The van der Waals surface area contributed by atoms with Crippen molar-refractivity contribution >= 4 is 8.32 Å². The molecule has 4 saturated carbocycles. The van der Waals surface area contributed by atoms with Crippen LogP contribution in [0.5, 0.6) is 0 Å². The van der Waals surface area contributed by atoms with Crippen LogP contribution in [-0.4, -0.2) is 14.4 Å². The van der Waals surface area contributed by atoms with Crippen LogP contribution in [0.3, 0.4) is 0 Å². The van der Waals surface area contributed by atoms with E-state index >= 15 is 0 Å². The first-order chi connectivity index (χ1) is 17.7. The zero-order valence-electron chi connectivity index (χ0n) is 27.2. The van der Waals surface area contributed by atoms with Crippen LogP contribution in [0.4, 0.5) is 0 Å². The first-order valence-electron chi connectivity index (χ1n) is 16.6. The molecule has 0 N–H and O–H groups in total. The Morgan fingerprint density at radius 3 is 2.21 bits per heavy atom. The van der Waals surface area contributed by atoms with Crippen LogP contribution in [-0.2, 0) is 4.43 Å². The van der Waals surface area contributed by atoms with Crippen LogP contribution in [0.25, 0.3) is 0 Å². The quantitative estimate of drug-likeness (QED) is 0.220. The van der Waals surface area contributed by atoms with Gasteiger partial charge in [-0.3, -0.25) is 0 Å². The van der Waals surface area contributed by atoms with Gasteiger partial charge < -0.3 is 4.43 Å². The van der Waals surface area contributed by atoms with Crippen molar-refractivity contribution in [2.45, 2.75) is 150 Å². The zero-order chi connectivity index (χ0) is 28.1. The van der Waals surface area contributed by atoms with Crippen molar-refractivity contribution in [2.75, 3.05) is 0 Å². The van der Waals surface area contributed by atoms with Gasteiger partial charge in [0.1, 0.15) is 0 Å². The Hall–Kier alpha value is -0.343. The number of hydrogen-bond acceptors (Lipinski definition) is 1. The van der Waals surface area contributed by atoms with Crippen molar-refractivity contribution in [3.8, 4) is 0 Å². The summed E-state index contributed by atoms with van der Waals surface area (Å²) in [6, 6.07) is 0. The molecule has 0 aromatic carbocycles. The molecule has 0 amide bonds. The molecule has 2 heteroatoms. The lowest BCUT2D eigenvalue weighted by molar-refractivity contribution is -0.149. The Morgan fingerprint density at radius 1 is 0.947 bits per heavy atom. The van der Waals surface area contributed by atoms with Crippen LogP contribution < -0.4 is 0 Å². The van der Waals surface area contributed by atoms with Gasteiger partial charge in [-0.25, -0.2) is 0 Å². The summed E-state index contributed by atoms with van der Waals surface area (Å²) in [6.07, 6.45) is 20.4. The van der Waals surface area contributed by atoms with Gasteiger partial charge in [-0.05, 0) is 155 Å². The van der Waals surface area contributed by atoms with E-state index in [0.29, 0.717) is 22.9 Å². The van der Waals surface area contributed by atoms with Gasteiger partial charge >= 0.3 is 0 Å². The fourth-order valence-corrected chi connectivity index (χ4v) is 11.9. The topological polar surface area (TPSA) is 9.23 Å². The van der Waals surface area contributed by atoms with Crippen molar-refractivity contribution in [1.29, 1.82) is 0 Å². The average Bonchev–Trinajstić information content (AvgIpc) is 3.17. The number of allylic oxidation sites excluding steroid dienone is 3. The molecule has 4 aliphatic rings. The van der Waals surface area contributed by atoms with E-state index in [4.69, 9.17) is 4.43 Å². The summed E-state index contributed by atoms with van der Waals surface area (Å²) in [6.45, 7) is 28.9. The van der Waals surface area contributed by atoms with E-state index in [1.807, 2.05) is 0 Å². The molecule has 0 aliphatic heterocycles. The van der Waals surface area contributed by atoms with Crippen molar-refractivity contribution in [2.24, 2.45) is 52.3 Å². The lowest BCUT2D eigenvalue weighted by Gasteiger charge is -2.63. The summed E-state index contributed by atoms with van der Waals surface area (Å²) in [5, 5.41) is 0.278. The van der Waals surface area contributed by atoms with Crippen molar-refractivity contribution in [1.82, 2.24) is 0 Å². The molecule has 218 valence electrons. The van der Waals surface area contributed by atoms with Gasteiger partial charge in [-0.15, -0.1) is 6.58 Å². The minimum atomic E-state index is -1.78. The van der Waals surface area contributed by atoms with E-state index in [9.17, 15) is 0 Å². The maximum Gasteiger partial charge on any atom is 0.192 e. The Labute approximate surface area is 239 Å². The zero-order valence-corrected chi connectivity index (χ0v) is 28.2. The summed E-state index contributed by atoms with van der Waals surface area (Å²) in [5.41, 5.74) is 2.56. The van der Waals surface area contributed by atoms with E-state index in [1.54, 1.807) is 0 Å². The van der Waals surface area contributed by atoms with E-state index in [2.05, 4.69) is 87.2 Å². The number of fused-ring (bicyclic) bond motifs is 5. The molecule has 0 aromatic heterocycles. The van der Waals surface area contributed by atoms with Crippen molar-refractivity contribution < 1.29 is 4.43 Å².